The third-order valence-electron chi connectivity index (χ3n) is 4.78. The molecule has 3 heterocycles. The van der Waals surface area contributed by atoms with Crippen molar-refractivity contribution in [1.82, 2.24) is 10.1 Å². The van der Waals surface area contributed by atoms with Gasteiger partial charge >= 0.3 is 0 Å². The van der Waals surface area contributed by atoms with Crippen LogP contribution in [0, 0.1) is 0 Å². The number of hydrogen-bond acceptors (Lipinski definition) is 3. The standard InChI is InChI=1S/C17H20N2O/c1-2-5-13(6-3-1)11-14-12-17(20-18-14)15-8-10-19-9-4-7-16(15)19/h1-3,5-6,12,15-16H,4,7-11H2. The van der Waals surface area contributed by atoms with Crippen LogP contribution in [0.3, 0.4) is 0 Å². The Morgan fingerprint density at radius 3 is 2.95 bits per heavy atom. The molecule has 3 heteroatoms. The fourth-order valence-corrected chi connectivity index (χ4v) is 3.81. The van der Waals surface area contributed by atoms with E-state index >= 15 is 0 Å². The van der Waals surface area contributed by atoms with Gasteiger partial charge in [0.1, 0.15) is 5.76 Å². The summed E-state index contributed by atoms with van der Waals surface area (Å²) in [5.41, 5.74) is 2.35. The highest BCUT2D eigenvalue weighted by molar-refractivity contribution is 5.23. The Labute approximate surface area is 119 Å². The zero-order valence-corrected chi connectivity index (χ0v) is 11.7. The Morgan fingerprint density at radius 2 is 2.05 bits per heavy atom. The molecule has 0 bridgehead atoms. The molecule has 0 aliphatic carbocycles. The number of aromatic nitrogens is 1. The van der Waals surface area contributed by atoms with E-state index in [2.05, 4.69) is 40.4 Å². The first-order valence-electron chi connectivity index (χ1n) is 7.63. The van der Waals surface area contributed by atoms with Crippen LogP contribution in [0.5, 0.6) is 0 Å². The number of rotatable bonds is 3. The Morgan fingerprint density at radius 1 is 1.15 bits per heavy atom. The second-order valence-corrected chi connectivity index (χ2v) is 6.02. The number of benzene rings is 1. The van der Waals surface area contributed by atoms with Gasteiger partial charge in [-0.2, -0.15) is 0 Å². The molecule has 0 radical (unpaired) electrons. The molecule has 2 unspecified atom stereocenters. The molecule has 4 rings (SSSR count). The molecule has 0 N–H and O–H groups in total. The summed E-state index contributed by atoms with van der Waals surface area (Å²) in [4.78, 5) is 2.62. The normalized spacial score (nSPS) is 26.0. The summed E-state index contributed by atoms with van der Waals surface area (Å²) in [6, 6.07) is 13.4. The Bertz CT molecular complexity index is 578. The van der Waals surface area contributed by atoms with Gasteiger partial charge in [0, 0.05) is 24.4 Å². The molecule has 0 saturated carbocycles. The lowest BCUT2D eigenvalue weighted by Crippen LogP contribution is -2.24. The van der Waals surface area contributed by atoms with Crippen molar-refractivity contribution in [2.24, 2.45) is 0 Å². The summed E-state index contributed by atoms with van der Waals surface area (Å²) in [5.74, 6) is 1.67. The van der Waals surface area contributed by atoms with Gasteiger partial charge in [0.15, 0.2) is 0 Å². The molecule has 2 aliphatic heterocycles. The van der Waals surface area contributed by atoms with E-state index in [4.69, 9.17) is 4.52 Å². The van der Waals surface area contributed by atoms with Crippen LogP contribution in [0.15, 0.2) is 40.9 Å². The van der Waals surface area contributed by atoms with Crippen molar-refractivity contribution in [3.05, 3.63) is 53.4 Å². The minimum Gasteiger partial charge on any atom is -0.361 e. The minimum absolute atomic E-state index is 0.564. The van der Waals surface area contributed by atoms with Gasteiger partial charge in [0.2, 0.25) is 0 Å². The van der Waals surface area contributed by atoms with Crippen LogP contribution in [0.25, 0.3) is 0 Å². The zero-order chi connectivity index (χ0) is 13.4. The highest BCUT2D eigenvalue weighted by Gasteiger charge is 2.39. The van der Waals surface area contributed by atoms with E-state index < -0.39 is 0 Å². The molecule has 2 atom stereocenters. The van der Waals surface area contributed by atoms with Crippen molar-refractivity contribution in [2.45, 2.75) is 37.6 Å². The molecule has 1 aromatic heterocycles. The van der Waals surface area contributed by atoms with Crippen LogP contribution in [0.2, 0.25) is 0 Å². The van der Waals surface area contributed by atoms with Gasteiger partial charge in [-0.3, -0.25) is 4.90 Å². The summed E-state index contributed by atoms with van der Waals surface area (Å²) in [5, 5.41) is 4.28. The number of hydrogen-bond donors (Lipinski definition) is 0. The van der Waals surface area contributed by atoms with Gasteiger partial charge in [-0.05, 0) is 37.9 Å². The van der Waals surface area contributed by atoms with Crippen LogP contribution in [0.4, 0.5) is 0 Å². The van der Waals surface area contributed by atoms with E-state index in [1.165, 1.54) is 37.9 Å². The summed E-state index contributed by atoms with van der Waals surface area (Å²) in [6.45, 7) is 2.50. The zero-order valence-electron chi connectivity index (χ0n) is 11.7. The molecule has 2 saturated heterocycles. The predicted octanol–water partition coefficient (Wildman–Crippen LogP) is 3.22. The summed E-state index contributed by atoms with van der Waals surface area (Å²) in [6.07, 6.45) is 4.75. The fourth-order valence-electron chi connectivity index (χ4n) is 3.81. The van der Waals surface area contributed by atoms with Crippen molar-refractivity contribution in [2.75, 3.05) is 13.1 Å². The third kappa shape index (κ3) is 2.16. The molecular formula is C17H20N2O. The Kier molecular flexibility index (Phi) is 3.07. The summed E-state index contributed by atoms with van der Waals surface area (Å²) in [7, 11) is 0. The van der Waals surface area contributed by atoms with E-state index in [1.807, 2.05) is 6.07 Å². The summed E-state index contributed by atoms with van der Waals surface area (Å²) >= 11 is 0. The quantitative estimate of drug-likeness (QED) is 0.856. The van der Waals surface area contributed by atoms with Crippen LogP contribution < -0.4 is 0 Å². The first-order chi connectivity index (χ1) is 9.90. The SMILES string of the molecule is c1ccc(Cc2cc(C3CCN4CCCC34)on2)cc1. The maximum Gasteiger partial charge on any atom is 0.141 e. The second kappa shape index (κ2) is 5.06. The maximum absolute atomic E-state index is 5.65. The van der Waals surface area contributed by atoms with Gasteiger partial charge < -0.3 is 4.52 Å². The van der Waals surface area contributed by atoms with Gasteiger partial charge in [0.25, 0.3) is 0 Å². The molecule has 0 amide bonds. The van der Waals surface area contributed by atoms with Crippen LogP contribution in [-0.4, -0.2) is 29.2 Å². The first-order valence-corrected chi connectivity index (χ1v) is 7.63. The highest BCUT2D eigenvalue weighted by Crippen LogP contribution is 2.39. The Balaban J connectivity index is 1.51. The van der Waals surface area contributed by atoms with Gasteiger partial charge in [0.05, 0.1) is 5.69 Å². The molecule has 0 spiro atoms. The first kappa shape index (κ1) is 12.2. The molecule has 20 heavy (non-hydrogen) atoms. The molecule has 2 fully saturated rings. The van der Waals surface area contributed by atoms with E-state index in [-0.39, 0.29) is 0 Å². The second-order valence-electron chi connectivity index (χ2n) is 6.02. The third-order valence-corrected chi connectivity index (χ3v) is 4.78. The van der Waals surface area contributed by atoms with Crippen LogP contribution in [0.1, 0.15) is 42.2 Å². The smallest absolute Gasteiger partial charge is 0.141 e. The van der Waals surface area contributed by atoms with Crippen molar-refractivity contribution >= 4 is 0 Å². The van der Waals surface area contributed by atoms with Gasteiger partial charge in [-0.25, -0.2) is 0 Å². The molecule has 1 aromatic carbocycles. The van der Waals surface area contributed by atoms with Crippen LogP contribution >= 0.6 is 0 Å². The minimum atomic E-state index is 0.564. The number of fused-ring (bicyclic) bond motifs is 1. The van der Waals surface area contributed by atoms with Crippen molar-refractivity contribution in [1.29, 1.82) is 0 Å². The van der Waals surface area contributed by atoms with E-state index in [1.54, 1.807) is 0 Å². The lowest BCUT2D eigenvalue weighted by atomic mass is 9.95. The average molecular weight is 268 g/mol. The van der Waals surface area contributed by atoms with Gasteiger partial charge in [-0.15, -0.1) is 0 Å². The van der Waals surface area contributed by atoms with Gasteiger partial charge in [-0.1, -0.05) is 35.5 Å². The lowest BCUT2D eigenvalue weighted by molar-refractivity contribution is 0.288. The molecule has 3 nitrogen and oxygen atoms in total. The molecule has 104 valence electrons. The van der Waals surface area contributed by atoms with E-state index in [0.717, 1.165) is 17.9 Å². The van der Waals surface area contributed by atoms with Crippen molar-refractivity contribution < 1.29 is 4.52 Å². The molecule has 2 aromatic rings. The van der Waals surface area contributed by atoms with E-state index in [0.29, 0.717) is 12.0 Å². The molecule has 2 aliphatic rings. The fraction of sp³-hybridized carbons (Fsp3) is 0.471. The number of nitrogens with zero attached hydrogens (tertiary/aromatic N) is 2. The van der Waals surface area contributed by atoms with E-state index in [9.17, 15) is 0 Å². The largest absolute Gasteiger partial charge is 0.361 e. The highest BCUT2D eigenvalue weighted by atomic mass is 16.5. The van der Waals surface area contributed by atoms with Crippen LogP contribution in [-0.2, 0) is 6.42 Å². The lowest BCUT2D eigenvalue weighted by Gasteiger charge is -2.17. The monoisotopic (exact) mass is 268 g/mol. The topological polar surface area (TPSA) is 29.3 Å². The molecular weight excluding hydrogens is 248 g/mol. The summed E-state index contributed by atoms with van der Waals surface area (Å²) < 4.78 is 5.65. The average Bonchev–Trinajstić information content (AvgIpc) is 3.15. The maximum atomic E-state index is 5.65. The Hall–Kier alpha value is -1.61. The van der Waals surface area contributed by atoms with Crippen molar-refractivity contribution in [3.8, 4) is 0 Å². The predicted molar refractivity (Wildman–Crippen MR) is 77.7 cm³/mol. The van der Waals surface area contributed by atoms with Crippen molar-refractivity contribution in [3.63, 3.8) is 0 Å².